The standard InChI is InChI=1S/C26H29F4N7OS/c1-4-36-31-14-25(33-36)39(38)35-10-9-34(15-18(3)26(28,29)30)24(16-35)22-12-19-13-32-37(23(19)11-17(22)2)21-7-5-20(27)6-8-21/h5-8,11-14,18,24H,4,9-10,15-16H2,1-3H3. The van der Waals surface area contributed by atoms with Crippen LogP contribution in [0.15, 0.2) is 53.8 Å². The molecule has 5 rings (SSSR count). The molecule has 8 nitrogen and oxygen atoms in total. The Morgan fingerprint density at radius 1 is 1.10 bits per heavy atom. The van der Waals surface area contributed by atoms with Gasteiger partial charge in [0.25, 0.3) is 0 Å². The normalized spacial score (nSPS) is 19.0. The summed E-state index contributed by atoms with van der Waals surface area (Å²) < 4.78 is 70.9. The fourth-order valence-electron chi connectivity index (χ4n) is 4.90. The van der Waals surface area contributed by atoms with Crippen molar-refractivity contribution < 1.29 is 21.8 Å². The second-order valence-electron chi connectivity index (χ2n) is 9.76. The van der Waals surface area contributed by atoms with Crippen molar-refractivity contribution in [3.05, 3.63) is 65.7 Å². The highest BCUT2D eigenvalue weighted by Gasteiger charge is 2.40. The smallest absolute Gasteiger partial charge is 0.293 e. The summed E-state index contributed by atoms with van der Waals surface area (Å²) in [6, 6.07) is 9.43. The van der Waals surface area contributed by atoms with Crippen LogP contribution in [0.3, 0.4) is 0 Å². The van der Waals surface area contributed by atoms with Crippen molar-refractivity contribution in [2.24, 2.45) is 5.92 Å². The van der Waals surface area contributed by atoms with Gasteiger partial charge in [-0.2, -0.15) is 28.2 Å². The molecule has 13 heteroatoms. The molecule has 0 bridgehead atoms. The van der Waals surface area contributed by atoms with Crippen molar-refractivity contribution in [1.82, 2.24) is 34.0 Å². The summed E-state index contributed by atoms with van der Waals surface area (Å²) in [5.41, 5.74) is 3.20. The predicted octanol–water partition coefficient (Wildman–Crippen LogP) is 4.66. The van der Waals surface area contributed by atoms with Crippen LogP contribution >= 0.6 is 0 Å². The minimum Gasteiger partial charge on any atom is -0.293 e. The van der Waals surface area contributed by atoms with Crippen LogP contribution in [0, 0.1) is 18.7 Å². The Morgan fingerprint density at radius 3 is 2.51 bits per heavy atom. The number of aryl methyl sites for hydroxylation is 2. The average molecular weight is 564 g/mol. The first kappa shape index (κ1) is 27.4. The van der Waals surface area contributed by atoms with Gasteiger partial charge < -0.3 is 0 Å². The quantitative estimate of drug-likeness (QED) is 0.306. The van der Waals surface area contributed by atoms with E-state index in [1.165, 1.54) is 30.0 Å². The monoisotopic (exact) mass is 563 g/mol. The maximum atomic E-state index is 13.5. The molecule has 1 fully saturated rings. The van der Waals surface area contributed by atoms with Gasteiger partial charge in [0.1, 0.15) is 16.8 Å². The predicted molar refractivity (Wildman–Crippen MR) is 139 cm³/mol. The minimum atomic E-state index is -4.32. The Balaban J connectivity index is 1.50. The van der Waals surface area contributed by atoms with Crippen molar-refractivity contribution in [3.63, 3.8) is 0 Å². The Morgan fingerprint density at radius 2 is 1.85 bits per heavy atom. The molecule has 0 N–H and O–H groups in total. The van der Waals surface area contributed by atoms with Gasteiger partial charge in [0, 0.05) is 37.6 Å². The van der Waals surface area contributed by atoms with Crippen LogP contribution in [0.4, 0.5) is 17.6 Å². The first-order chi connectivity index (χ1) is 18.5. The average Bonchev–Trinajstić information content (AvgIpc) is 3.55. The van der Waals surface area contributed by atoms with Gasteiger partial charge in [-0.25, -0.2) is 17.6 Å². The molecule has 1 saturated heterocycles. The summed E-state index contributed by atoms with van der Waals surface area (Å²) >= 11 is 0. The lowest BCUT2D eigenvalue weighted by Gasteiger charge is -2.42. The lowest BCUT2D eigenvalue weighted by atomic mass is 9.95. The van der Waals surface area contributed by atoms with E-state index < -0.39 is 29.1 Å². The lowest BCUT2D eigenvalue weighted by molar-refractivity contribution is -0.176. The van der Waals surface area contributed by atoms with E-state index in [1.54, 1.807) is 27.3 Å². The highest BCUT2D eigenvalue weighted by atomic mass is 32.2. The highest BCUT2D eigenvalue weighted by Crippen LogP contribution is 2.35. The Bertz CT molecular complexity index is 1480. The highest BCUT2D eigenvalue weighted by molar-refractivity contribution is 7.82. The van der Waals surface area contributed by atoms with Crippen LogP contribution in [-0.2, 0) is 17.5 Å². The number of alkyl halides is 3. The molecule has 0 radical (unpaired) electrons. The molecular weight excluding hydrogens is 534 g/mol. The van der Waals surface area contributed by atoms with Gasteiger partial charge in [-0.05, 0) is 61.4 Å². The van der Waals surface area contributed by atoms with Crippen molar-refractivity contribution in [1.29, 1.82) is 0 Å². The van der Waals surface area contributed by atoms with Gasteiger partial charge in [0.05, 0.1) is 36.1 Å². The molecule has 0 amide bonds. The third-order valence-corrected chi connectivity index (χ3v) is 8.46. The Kier molecular flexibility index (Phi) is 7.57. The molecule has 1 aliphatic heterocycles. The fraction of sp³-hybridized carbons (Fsp3) is 0.423. The van der Waals surface area contributed by atoms with E-state index in [9.17, 15) is 21.8 Å². The zero-order chi connectivity index (χ0) is 27.9. The van der Waals surface area contributed by atoms with E-state index in [2.05, 4.69) is 15.3 Å². The number of hydrogen-bond donors (Lipinski definition) is 0. The molecule has 0 spiro atoms. The SMILES string of the molecule is CCn1ncc(S(=O)N2CCN(CC(C)C(F)(F)F)C(c3cc4cnn(-c5ccc(F)cc5)c4cc3C)C2)n1. The zero-order valence-corrected chi connectivity index (χ0v) is 22.6. The third kappa shape index (κ3) is 5.61. The first-order valence-corrected chi connectivity index (χ1v) is 13.8. The van der Waals surface area contributed by atoms with Crippen molar-refractivity contribution in [3.8, 4) is 5.69 Å². The molecule has 2 aromatic carbocycles. The molecule has 3 unspecified atom stereocenters. The Hall–Kier alpha value is -3.16. The van der Waals surface area contributed by atoms with Gasteiger partial charge in [-0.15, -0.1) is 5.10 Å². The molecule has 1 aliphatic rings. The zero-order valence-electron chi connectivity index (χ0n) is 21.8. The molecule has 3 atom stereocenters. The summed E-state index contributed by atoms with van der Waals surface area (Å²) in [7, 11) is -1.60. The van der Waals surface area contributed by atoms with Gasteiger partial charge in [-0.3, -0.25) is 4.90 Å². The van der Waals surface area contributed by atoms with Gasteiger partial charge in [-0.1, -0.05) is 6.92 Å². The van der Waals surface area contributed by atoms with Crippen LogP contribution in [0.1, 0.15) is 31.0 Å². The molecule has 39 heavy (non-hydrogen) atoms. The number of aromatic nitrogens is 5. The molecule has 4 aromatic rings. The second kappa shape index (κ2) is 10.8. The number of nitrogens with zero attached hydrogens (tertiary/aromatic N) is 7. The second-order valence-corrected chi connectivity index (χ2v) is 11.2. The number of hydrogen-bond acceptors (Lipinski definition) is 5. The van der Waals surface area contributed by atoms with E-state index in [-0.39, 0.29) is 18.9 Å². The summed E-state index contributed by atoms with van der Waals surface area (Å²) in [4.78, 5) is 3.27. The fourth-order valence-corrected chi connectivity index (χ4v) is 5.99. The van der Waals surface area contributed by atoms with E-state index in [0.717, 1.165) is 22.0 Å². The molecule has 0 aliphatic carbocycles. The maximum Gasteiger partial charge on any atom is 0.392 e. The van der Waals surface area contributed by atoms with E-state index >= 15 is 0 Å². The van der Waals surface area contributed by atoms with E-state index in [0.29, 0.717) is 30.3 Å². The molecule has 208 valence electrons. The first-order valence-electron chi connectivity index (χ1n) is 12.7. The van der Waals surface area contributed by atoms with Crippen LogP contribution in [0.2, 0.25) is 0 Å². The number of piperazine rings is 1. The number of fused-ring (bicyclic) bond motifs is 1. The third-order valence-electron chi connectivity index (χ3n) is 7.12. The van der Waals surface area contributed by atoms with E-state index in [1.807, 2.05) is 30.9 Å². The number of benzene rings is 2. The summed E-state index contributed by atoms with van der Waals surface area (Å²) in [6.07, 6.45) is -1.17. The molecule has 2 aromatic heterocycles. The molecule has 0 saturated carbocycles. The van der Waals surface area contributed by atoms with Gasteiger partial charge in [0.2, 0.25) is 0 Å². The van der Waals surface area contributed by atoms with Crippen molar-refractivity contribution in [2.75, 3.05) is 26.2 Å². The Labute approximate surface area is 225 Å². The van der Waals surface area contributed by atoms with Gasteiger partial charge >= 0.3 is 6.18 Å². The summed E-state index contributed by atoms with van der Waals surface area (Å²) in [5.74, 6) is -1.87. The van der Waals surface area contributed by atoms with Crippen molar-refractivity contribution >= 4 is 21.9 Å². The number of halogens is 4. The summed E-state index contributed by atoms with van der Waals surface area (Å²) in [5, 5.41) is 14.0. The molecular formula is C26H29F4N7OS. The largest absolute Gasteiger partial charge is 0.392 e. The van der Waals surface area contributed by atoms with Crippen LogP contribution in [0.5, 0.6) is 0 Å². The van der Waals surface area contributed by atoms with Crippen LogP contribution in [-0.4, -0.2) is 70.5 Å². The van der Waals surface area contributed by atoms with Gasteiger partial charge in [0.15, 0.2) is 5.03 Å². The lowest BCUT2D eigenvalue weighted by Crippen LogP contribution is -2.51. The maximum absolute atomic E-state index is 13.5. The van der Waals surface area contributed by atoms with E-state index in [4.69, 9.17) is 0 Å². The van der Waals surface area contributed by atoms with Crippen LogP contribution in [0.25, 0.3) is 16.6 Å². The van der Waals surface area contributed by atoms with Crippen LogP contribution < -0.4 is 0 Å². The van der Waals surface area contributed by atoms with Crippen molar-refractivity contribution in [2.45, 2.75) is 44.6 Å². The summed E-state index contributed by atoms with van der Waals surface area (Å²) in [6.45, 7) is 6.23. The number of rotatable bonds is 7. The topological polar surface area (TPSA) is 72.1 Å². The molecule has 3 heterocycles. The minimum absolute atomic E-state index is 0.174.